The second-order valence-corrected chi connectivity index (χ2v) is 11.3. The number of nitrogens with one attached hydrogen (secondary N) is 3. The Hall–Kier alpha value is -5.96. The number of likely N-dealkylation sites (tertiary alicyclic amines) is 1. The number of hydrogen-bond donors (Lipinski definition) is 10. The first kappa shape index (κ1) is 34.9. The molecule has 15 heteroatoms. The normalized spacial score (nSPS) is 15.5. The lowest BCUT2D eigenvalue weighted by Crippen LogP contribution is -2.54. The summed E-state index contributed by atoms with van der Waals surface area (Å²) in [4.78, 5) is 53.7. The molecular formula is C33H37N5O10. The minimum atomic E-state index is -1.27. The van der Waals surface area contributed by atoms with Crippen LogP contribution in [0.1, 0.15) is 29.5 Å². The zero-order valence-corrected chi connectivity index (χ0v) is 25.7. The lowest BCUT2D eigenvalue weighted by atomic mass is 10.0. The summed E-state index contributed by atoms with van der Waals surface area (Å²) in [6.45, 7) is -0.214. The van der Waals surface area contributed by atoms with Crippen molar-refractivity contribution >= 4 is 29.7 Å². The third kappa shape index (κ3) is 9.07. The van der Waals surface area contributed by atoms with Crippen LogP contribution in [0.25, 0.3) is 6.08 Å². The van der Waals surface area contributed by atoms with E-state index in [4.69, 9.17) is 5.73 Å². The molecule has 254 valence electrons. The smallest absolute Gasteiger partial charge is 0.246 e. The molecule has 0 radical (unpaired) electrons. The number of carbonyl (C=O) groups excluding carboxylic acids is 4. The van der Waals surface area contributed by atoms with E-state index >= 15 is 0 Å². The molecule has 3 aromatic carbocycles. The van der Waals surface area contributed by atoms with Crippen molar-refractivity contribution in [2.45, 2.75) is 43.8 Å². The maximum Gasteiger partial charge on any atom is 0.246 e. The van der Waals surface area contributed by atoms with Gasteiger partial charge in [0.05, 0.1) is 12.6 Å². The number of nitrogens with zero attached hydrogens (tertiary/aromatic N) is 1. The van der Waals surface area contributed by atoms with Crippen LogP contribution in [0.3, 0.4) is 0 Å². The molecule has 0 spiro atoms. The third-order valence-electron chi connectivity index (χ3n) is 7.74. The maximum absolute atomic E-state index is 13.3. The molecule has 1 aliphatic rings. The van der Waals surface area contributed by atoms with Crippen molar-refractivity contribution in [2.75, 3.05) is 13.1 Å². The van der Waals surface area contributed by atoms with Gasteiger partial charge in [-0.05, 0) is 78.4 Å². The number of phenolic OH excluding ortho intramolecular Hbond substituents is 6. The van der Waals surface area contributed by atoms with Gasteiger partial charge in [0.25, 0.3) is 0 Å². The SMILES string of the molecule is N[C@@H](Cc1ccc(O)c(O)c1)C(=O)N[C@@H](Cc1ccc(O)c(O)c1)C(=O)NCC(=O)N1CCC[C@H]1C(=O)NC=Cc1ccc(O)c(O)c1. The van der Waals surface area contributed by atoms with E-state index in [0.717, 1.165) is 0 Å². The first-order chi connectivity index (χ1) is 22.8. The Kier molecular flexibility index (Phi) is 11.3. The molecule has 0 unspecified atom stereocenters. The molecule has 11 N–H and O–H groups in total. The molecule has 0 bridgehead atoms. The van der Waals surface area contributed by atoms with E-state index in [0.29, 0.717) is 29.5 Å². The third-order valence-corrected chi connectivity index (χ3v) is 7.74. The number of nitrogens with two attached hydrogens (primary N) is 1. The van der Waals surface area contributed by atoms with Gasteiger partial charge in [-0.1, -0.05) is 18.2 Å². The van der Waals surface area contributed by atoms with Gasteiger partial charge in [-0.2, -0.15) is 0 Å². The topological polar surface area (TPSA) is 255 Å². The van der Waals surface area contributed by atoms with Gasteiger partial charge < -0.3 is 57.2 Å². The van der Waals surface area contributed by atoms with Crippen LogP contribution in [0.4, 0.5) is 0 Å². The molecule has 15 nitrogen and oxygen atoms in total. The van der Waals surface area contributed by atoms with E-state index in [2.05, 4.69) is 16.0 Å². The van der Waals surface area contributed by atoms with Crippen molar-refractivity contribution in [2.24, 2.45) is 5.73 Å². The van der Waals surface area contributed by atoms with E-state index in [9.17, 15) is 49.8 Å². The van der Waals surface area contributed by atoms with Gasteiger partial charge in [0.1, 0.15) is 12.1 Å². The Morgan fingerprint density at radius 1 is 0.792 bits per heavy atom. The van der Waals surface area contributed by atoms with Crippen LogP contribution in [0.2, 0.25) is 0 Å². The largest absolute Gasteiger partial charge is 0.504 e. The first-order valence-corrected chi connectivity index (χ1v) is 15.0. The van der Waals surface area contributed by atoms with Crippen molar-refractivity contribution in [3.63, 3.8) is 0 Å². The molecule has 1 fully saturated rings. The average Bonchev–Trinajstić information content (AvgIpc) is 3.55. The molecule has 1 saturated heterocycles. The van der Waals surface area contributed by atoms with E-state index in [-0.39, 0.29) is 42.4 Å². The van der Waals surface area contributed by atoms with Crippen LogP contribution < -0.4 is 21.7 Å². The van der Waals surface area contributed by atoms with Crippen LogP contribution in [-0.2, 0) is 32.0 Å². The molecule has 1 aliphatic heterocycles. The molecular weight excluding hydrogens is 626 g/mol. The summed E-state index contributed by atoms with van der Waals surface area (Å²) in [5.74, 6) is -4.64. The highest BCUT2D eigenvalue weighted by Crippen LogP contribution is 2.27. The van der Waals surface area contributed by atoms with Crippen molar-refractivity contribution in [3.8, 4) is 34.5 Å². The Balaban J connectivity index is 1.38. The van der Waals surface area contributed by atoms with Gasteiger partial charge in [-0.3, -0.25) is 19.2 Å². The van der Waals surface area contributed by atoms with Crippen LogP contribution in [0.15, 0.2) is 60.8 Å². The molecule has 1 heterocycles. The predicted octanol–water partition coefficient (Wildman–Crippen LogP) is 0.412. The van der Waals surface area contributed by atoms with Crippen molar-refractivity contribution in [1.29, 1.82) is 0 Å². The second-order valence-electron chi connectivity index (χ2n) is 11.3. The van der Waals surface area contributed by atoms with Crippen LogP contribution in [-0.4, -0.2) is 90.4 Å². The van der Waals surface area contributed by atoms with Gasteiger partial charge in [-0.25, -0.2) is 0 Å². The fourth-order valence-corrected chi connectivity index (χ4v) is 5.15. The summed E-state index contributed by atoms with van der Waals surface area (Å²) >= 11 is 0. The number of hydrogen-bond acceptors (Lipinski definition) is 11. The van der Waals surface area contributed by atoms with Gasteiger partial charge >= 0.3 is 0 Å². The van der Waals surface area contributed by atoms with Gasteiger partial charge in [0.15, 0.2) is 34.5 Å². The monoisotopic (exact) mass is 663 g/mol. The zero-order chi connectivity index (χ0) is 35.0. The summed E-state index contributed by atoms with van der Waals surface area (Å²) in [5, 5.41) is 65.6. The number of carbonyl (C=O) groups is 4. The summed E-state index contributed by atoms with van der Waals surface area (Å²) in [6, 6.07) is 8.74. The highest BCUT2D eigenvalue weighted by atomic mass is 16.3. The van der Waals surface area contributed by atoms with E-state index in [1.807, 2.05) is 0 Å². The van der Waals surface area contributed by atoms with E-state index in [1.54, 1.807) is 0 Å². The first-order valence-electron chi connectivity index (χ1n) is 15.0. The minimum Gasteiger partial charge on any atom is -0.504 e. The van der Waals surface area contributed by atoms with Crippen LogP contribution in [0.5, 0.6) is 34.5 Å². The van der Waals surface area contributed by atoms with Crippen LogP contribution in [0, 0.1) is 0 Å². The molecule has 0 aliphatic carbocycles. The molecule has 0 aromatic heterocycles. The summed E-state index contributed by atoms with van der Waals surface area (Å²) in [5.41, 5.74) is 7.40. The van der Waals surface area contributed by atoms with Crippen molar-refractivity contribution < 1.29 is 49.8 Å². The Labute approximate surface area is 274 Å². The highest BCUT2D eigenvalue weighted by molar-refractivity contribution is 5.94. The number of rotatable bonds is 12. The molecule has 3 aromatic rings. The standard InChI is InChI=1S/C33H37N5O10/c34-21(12-19-4-7-25(40)28(43)15-19)31(46)37-22(13-20-5-8-26(41)29(44)16-20)32(47)36-17-30(45)38-11-1-2-23(38)33(48)35-10-9-18-3-6-24(39)27(42)14-18/h3-10,14-16,21-23,39-44H,1-2,11-13,17,34H2,(H,35,48)(H,36,47)(H,37,46)/t21-,22-,23-/m0/s1. The van der Waals surface area contributed by atoms with Gasteiger partial charge in [0, 0.05) is 19.2 Å². The quantitative estimate of drug-likeness (QED) is 0.119. The fourth-order valence-electron chi connectivity index (χ4n) is 5.15. The Morgan fingerprint density at radius 2 is 1.38 bits per heavy atom. The van der Waals surface area contributed by atoms with Crippen molar-refractivity contribution in [1.82, 2.24) is 20.9 Å². The van der Waals surface area contributed by atoms with Crippen molar-refractivity contribution in [3.05, 3.63) is 77.5 Å². The Bertz CT molecular complexity index is 1710. The average molecular weight is 664 g/mol. The second kappa shape index (κ2) is 15.6. The number of amides is 4. The lowest BCUT2D eigenvalue weighted by Gasteiger charge is -2.25. The predicted molar refractivity (Wildman–Crippen MR) is 172 cm³/mol. The lowest BCUT2D eigenvalue weighted by molar-refractivity contribution is -0.138. The molecule has 4 rings (SSSR count). The number of benzene rings is 3. The zero-order valence-electron chi connectivity index (χ0n) is 25.7. The Morgan fingerprint density at radius 3 is 1.98 bits per heavy atom. The molecule has 4 amide bonds. The minimum absolute atomic E-state index is 0.0441. The van der Waals surface area contributed by atoms with Gasteiger partial charge in [0.2, 0.25) is 23.6 Å². The summed E-state index contributed by atoms with van der Waals surface area (Å²) in [7, 11) is 0. The number of phenols is 6. The molecule has 3 atom stereocenters. The fraction of sp³-hybridized carbons (Fsp3) is 0.273. The van der Waals surface area contributed by atoms with E-state index < -0.39 is 59.8 Å². The van der Waals surface area contributed by atoms with Gasteiger partial charge in [-0.15, -0.1) is 0 Å². The van der Waals surface area contributed by atoms with E-state index in [1.165, 1.54) is 71.8 Å². The molecule has 48 heavy (non-hydrogen) atoms. The summed E-state index contributed by atoms with van der Waals surface area (Å²) < 4.78 is 0. The van der Waals surface area contributed by atoms with Crippen LogP contribution >= 0.6 is 0 Å². The summed E-state index contributed by atoms with van der Waals surface area (Å²) in [6.07, 6.45) is 3.59. The maximum atomic E-state index is 13.3. The number of aromatic hydroxyl groups is 6. The highest BCUT2D eigenvalue weighted by Gasteiger charge is 2.34. The molecule has 0 saturated carbocycles.